The summed E-state index contributed by atoms with van der Waals surface area (Å²) in [6.45, 7) is 2.56. The average molecular weight is 424 g/mol. The van der Waals surface area contributed by atoms with Crippen molar-refractivity contribution in [1.82, 2.24) is 4.90 Å². The van der Waals surface area contributed by atoms with Gasteiger partial charge in [-0.25, -0.2) is 8.42 Å². The molecule has 1 saturated heterocycles. The zero-order valence-corrected chi connectivity index (χ0v) is 17.3. The van der Waals surface area contributed by atoms with Gasteiger partial charge < -0.3 is 14.5 Å². The van der Waals surface area contributed by atoms with Crippen LogP contribution in [-0.2, 0) is 10.0 Å². The highest BCUT2D eigenvalue weighted by molar-refractivity contribution is 7.92. The number of hydrogen-bond acceptors (Lipinski definition) is 5. The number of hydrogen-bond donors (Lipinski definition) is 1. The molecule has 1 fully saturated rings. The van der Waals surface area contributed by atoms with Crippen LogP contribution in [0, 0.1) is 0 Å². The van der Waals surface area contributed by atoms with Gasteiger partial charge >= 0.3 is 0 Å². The van der Waals surface area contributed by atoms with Crippen molar-refractivity contribution in [2.45, 2.75) is 0 Å². The quantitative estimate of drug-likeness (QED) is 0.799. The van der Waals surface area contributed by atoms with Crippen LogP contribution in [0.25, 0.3) is 0 Å². The highest BCUT2D eigenvalue weighted by Crippen LogP contribution is 2.25. The SMILES string of the molecule is COc1ccc(N2CCN(C(=O)c3ccc(Cl)c(NS(C)(=O)=O)c3)CC2)cc1. The molecular weight excluding hydrogens is 402 g/mol. The molecular formula is C19H22ClN3O4S. The molecule has 9 heteroatoms. The monoisotopic (exact) mass is 423 g/mol. The van der Waals surface area contributed by atoms with Crippen molar-refractivity contribution >= 4 is 38.9 Å². The van der Waals surface area contributed by atoms with E-state index in [1.165, 1.54) is 12.1 Å². The normalized spacial score (nSPS) is 14.7. The second kappa shape index (κ2) is 8.28. The van der Waals surface area contributed by atoms with Crippen molar-refractivity contribution in [3.8, 4) is 5.75 Å². The molecule has 0 saturated carbocycles. The van der Waals surface area contributed by atoms with Crippen molar-refractivity contribution in [2.24, 2.45) is 0 Å². The molecule has 1 aliphatic heterocycles. The predicted octanol–water partition coefficient (Wildman–Crippen LogP) is 2.68. The van der Waals surface area contributed by atoms with Crippen LogP contribution in [0.5, 0.6) is 5.75 Å². The second-order valence-electron chi connectivity index (χ2n) is 6.55. The first-order chi connectivity index (χ1) is 13.3. The van der Waals surface area contributed by atoms with Crippen molar-refractivity contribution in [2.75, 3.05) is 49.2 Å². The predicted molar refractivity (Wildman–Crippen MR) is 111 cm³/mol. The number of amides is 1. The number of halogens is 1. The minimum Gasteiger partial charge on any atom is -0.497 e. The van der Waals surface area contributed by atoms with E-state index in [9.17, 15) is 13.2 Å². The van der Waals surface area contributed by atoms with Gasteiger partial charge in [0.15, 0.2) is 0 Å². The minimum absolute atomic E-state index is 0.150. The van der Waals surface area contributed by atoms with Gasteiger partial charge in [-0.2, -0.15) is 0 Å². The lowest BCUT2D eigenvalue weighted by molar-refractivity contribution is 0.0747. The van der Waals surface area contributed by atoms with Crippen molar-refractivity contribution < 1.29 is 17.9 Å². The third-order valence-corrected chi connectivity index (χ3v) is 5.43. The number of nitrogens with zero attached hydrogens (tertiary/aromatic N) is 2. The highest BCUT2D eigenvalue weighted by atomic mass is 35.5. The molecule has 0 aliphatic carbocycles. The Morgan fingerprint density at radius 3 is 2.29 bits per heavy atom. The minimum atomic E-state index is -3.48. The molecule has 1 heterocycles. The van der Waals surface area contributed by atoms with Crippen LogP contribution in [0.15, 0.2) is 42.5 Å². The summed E-state index contributed by atoms with van der Waals surface area (Å²) in [7, 11) is -1.85. The number of carbonyl (C=O) groups is 1. The molecule has 0 bridgehead atoms. The van der Waals surface area contributed by atoms with Gasteiger partial charge in [-0.05, 0) is 42.5 Å². The number of carbonyl (C=O) groups excluding carboxylic acids is 1. The average Bonchev–Trinajstić information content (AvgIpc) is 2.68. The van der Waals surface area contributed by atoms with Gasteiger partial charge in [0.2, 0.25) is 10.0 Å². The van der Waals surface area contributed by atoms with E-state index >= 15 is 0 Å². The molecule has 3 rings (SSSR count). The lowest BCUT2D eigenvalue weighted by Crippen LogP contribution is -2.48. The van der Waals surface area contributed by atoms with Gasteiger partial charge in [0.05, 0.1) is 24.1 Å². The number of anilines is 2. The largest absolute Gasteiger partial charge is 0.497 e. The van der Waals surface area contributed by atoms with Crippen LogP contribution in [-0.4, -0.2) is 58.8 Å². The topological polar surface area (TPSA) is 79.0 Å². The molecule has 28 heavy (non-hydrogen) atoms. The number of piperazine rings is 1. The lowest BCUT2D eigenvalue weighted by atomic mass is 10.1. The summed E-state index contributed by atoms with van der Waals surface area (Å²) in [6.07, 6.45) is 1.04. The van der Waals surface area contributed by atoms with Crippen LogP contribution < -0.4 is 14.4 Å². The fraction of sp³-hybridized carbons (Fsp3) is 0.316. The first-order valence-corrected chi connectivity index (χ1v) is 11.0. The van der Waals surface area contributed by atoms with Crippen molar-refractivity contribution in [3.63, 3.8) is 0 Å². The van der Waals surface area contributed by atoms with Gasteiger partial charge in [0.25, 0.3) is 5.91 Å². The molecule has 1 N–H and O–H groups in total. The third-order valence-electron chi connectivity index (χ3n) is 4.51. The standard InChI is InChI=1S/C19H22ClN3O4S/c1-27-16-6-4-15(5-7-16)22-9-11-23(12-10-22)19(24)14-3-8-17(20)18(13-14)21-28(2,25)26/h3-8,13,21H,9-12H2,1-2H3. The van der Waals surface area contributed by atoms with Crippen LogP contribution in [0.1, 0.15) is 10.4 Å². The maximum atomic E-state index is 12.8. The zero-order chi connectivity index (χ0) is 20.3. The summed E-state index contributed by atoms with van der Waals surface area (Å²) in [5, 5.41) is 0.242. The van der Waals surface area contributed by atoms with E-state index in [1.807, 2.05) is 24.3 Å². The summed E-state index contributed by atoms with van der Waals surface area (Å²) >= 11 is 6.03. The molecule has 0 spiro atoms. The molecule has 2 aromatic carbocycles. The number of nitrogens with one attached hydrogen (secondary N) is 1. The summed E-state index contributed by atoms with van der Waals surface area (Å²) < 4.78 is 30.5. The van der Waals surface area contributed by atoms with Gasteiger partial charge in [-0.3, -0.25) is 9.52 Å². The van der Waals surface area contributed by atoms with E-state index in [0.29, 0.717) is 31.7 Å². The van der Waals surface area contributed by atoms with Gasteiger partial charge in [0.1, 0.15) is 5.75 Å². The van der Waals surface area contributed by atoms with E-state index in [-0.39, 0.29) is 16.6 Å². The maximum Gasteiger partial charge on any atom is 0.254 e. The molecule has 1 aliphatic rings. The van der Waals surface area contributed by atoms with E-state index in [0.717, 1.165) is 17.7 Å². The number of benzene rings is 2. The Hall–Kier alpha value is -2.45. The van der Waals surface area contributed by atoms with E-state index in [1.54, 1.807) is 18.1 Å². The molecule has 0 unspecified atom stereocenters. The fourth-order valence-corrected chi connectivity index (χ4v) is 3.87. The summed E-state index contributed by atoms with van der Waals surface area (Å²) in [5.41, 5.74) is 1.68. The molecule has 1 amide bonds. The van der Waals surface area contributed by atoms with Crippen LogP contribution in [0.3, 0.4) is 0 Å². The number of ether oxygens (including phenoxy) is 1. The highest BCUT2D eigenvalue weighted by Gasteiger charge is 2.23. The van der Waals surface area contributed by atoms with Crippen LogP contribution >= 0.6 is 11.6 Å². The van der Waals surface area contributed by atoms with E-state index in [4.69, 9.17) is 16.3 Å². The molecule has 150 valence electrons. The Balaban J connectivity index is 1.67. The molecule has 0 aromatic heterocycles. The maximum absolute atomic E-state index is 12.8. The Bertz CT molecular complexity index is 956. The smallest absolute Gasteiger partial charge is 0.254 e. The number of rotatable bonds is 5. The third kappa shape index (κ3) is 4.88. The van der Waals surface area contributed by atoms with E-state index < -0.39 is 10.0 Å². The van der Waals surface area contributed by atoms with Crippen molar-refractivity contribution in [3.05, 3.63) is 53.1 Å². The first-order valence-electron chi connectivity index (χ1n) is 8.72. The summed E-state index contributed by atoms with van der Waals surface area (Å²) in [5.74, 6) is 0.654. The molecule has 0 atom stereocenters. The van der Waals surface area contributed by atoms with E-state index in [2.05, 4.69) is 9.62 Å². The zero-order valence-electron chi connectivity index (χ0n) is 15.7. The first kappa shape index (κ1) is 20.3. The lowest BCUT2D eigenvalue weighted by Gasteiger charge is -2.36. The van der Waals surface area contributed by atoms with Crippen molar-refractivity contribution in [1.29, 1.82) is 0 Å². The Kier molecular flexibility index (Phi) is 6.00. The Morgan fingerprint density at radius 2 is 1.71 bits per heavy atom. The Morgan fingerprint density at radius 1 is 1.07 bits per heavy atom. The van der Waals surface area contributed by atoms with Gasteiger partial charge in [0, 0.05) is 37.4 Å². The fourth-order valence-electron chi connectivity index (χ4n) is 3.08. The molecule has 7 nitrogen and oxygen atoms in total. The van der Waals surface area contributed by atoms with Gasteiger partial charge in [-0.15, -0.1) is 0 Å². The summed E-state index contributed by atoms with van der Waals surface area (Å²) in [4.78, 5) is 16.8. The molecule has 0 radical (unpaired) electrons. The summed E-state index contributed by atoms with van der Waals surface area (Å²) in [6, 6.07) is 12.4. The molecule has 2 aromatic rings. The van der Waals surface area contributed by atoms with Crippen LogP contribution in [0.4, 0.5) is 11.4 Å². The van der Waals surface area contributed by atoms with Crippen LogP contribution in [0.2, 0.25) is 5.02 Å². The second-order valence-corrected chi connectivity index (χ2v) is 8.70. The Labute approximate surface area is 169 Å². The number of sulfonamides is 1. The van der Waals surface area contributed by atoms with Gasteiger partial charge in [-0.1, -0.05) is 11.6 Å². The number of methoxy groups -OCH3 is 1.